The Balaban J connectivity index is 1.58. The second kappa shape index (κ2) is 14.0. The maximum Gasteiger partial charge on any atom is 0.305 e. The van der Waals surface area contributed by atoms with E-state index in [1.807, 2.05) is 18.2 Å². The van der Waals surface area contributed by atoms with Gasteiger partial charge in [-0.1, -0.05) is 43.7 Å². The molecule has 0 saturated heterocycles. The van der Waals surface area contributed by atoms with Crippen LogP contribution in [0.25, 0.3) is 0 Å². The van der Waals surface area contributed by atoms with Crippen molar-refractivity contribution in [2.24, 2.45) is 0 Å². The largest absolute Gasteiger partial charge is 0.466 e. The Morgan fingerprint density at radius 1 is 0.871 bits per heavy atom. The summed E-state index contributed by atoms with van der Waals surface area (Å²) in [5, 5.41) is 5.64. The van der Waals surface area contributed by atoms with Crippen LogP contribution in [0, 0.1) is 0 Å². The van der Waals surface area contributed by atoms with Gasteiger partial charge in [0, 0.05) is 30.6 Å². The van der Waals surface area contributed by atoms with E-state index in [-0.39, 0.29) is 30.6 Å². The first-order valence-corrected chi connectivity index (χ1v) is 11.0. The lowest BCUT2D eigenvalue weighted by molar-refractivity contribution is -0.143. The molecule has 0 heterocycles. The van der Waals surface area contributed by atoms with Crippen LogP contribution in [0.15, 0.2) is 54.6 Å². The van der Waals surface area contributed by atoms with Gasteiger partial charge in [-0.2, -0.15) is 0 Å². The van der Waals surface area contributed by atoms with Gasteiger partial charge < -0.3 is 15.4 Å². The summed E-state index contributed by atoms with van der Waals surface area (Å²) in [6.07, 6.45) is 4.51. The van der Waals surface area contributed by atoms with Crippen molar-refractivity contribution in [2.45, 2.75) is 51.9 Å². The van der Waals surface area contributed by atoms with E-state index in [1.54, 1.807) is 24.3 Å². The van der Waals surface area contributed by atoms with E-state index in [1.165, 1.54) is 5.56 Å². The summed E-state index contributed by atoms with van der Waals surface area (Å²) in [4.78, 5) is 35.8. The maximum atomic E-state index is 12.1. The minimum atomic E-state index is -0.278. The average molecular weight is 425 g/mol. The minimum Gasteiger partial charge on any atom is -0.466 e. The van der Waals surface area contributed by atoms with Crippen molar-refractivity contribution < 1.29 is 19.1 Å². The van der Waals surface area contributed by atoms with Crippen LogP contribution in [0.2, 0.25) is 0 Å². The fraction of sp³-hybridized carbons (Fsp3) is 0.400. The number of unbranched alkanes of at least 4 members (excludes halogenated alkanes) is 1. The van der Waals surface area contributed by atoms with Gasteiger partial charge in [0.2, 0.25) is 5.91 Å². The molecule has 0 radical (unpaired) electrons. The molecule has 0 aliphatic heterocycles. The number of ether oxygens (including phenoxy) is 1. The first-order valence-electron chi connectivity index (χ1n) is 11.0. The fourth-order valence-electron chi connectivity index (χ4n) is 2.98. The Morgan fingerprint density at radius 2 is 1.61 bits per heavy atom. The van der Waals surface area contributed by atoms with Gasteiger partial charge in [0.15, 0.2) is 0 Å². The molecule has 2 aromatic rings. The van der Waals surface area contributed by atoms with Gasteiger partial charge in [-0.3, -0.25) is 14.4 Å². The van der Waals surface area contributed by atoms with E-state index in [0.29, 0.717) is 30.8 Å². The number of benzene rings is 2. The molecule has 0 fully saturated rings. The highest BCUT2D eigenvalue weighted by molar-refractivity contribution is 5.95. The van der Waals surface area contributed by atoms with E-state index >= 15 is 0 Å². The molecule has 0 bridgehead atoms. The Bertz CT molecular complexity index is 819. The second-order valence-corrected chi connectivity index (χ2v) is 7.40. The van der Waals surface area contributed by atoms with Crippen molar-refractivity contribution in [3.8, 4) is 0 Å². The highest BCUT2D eigenvalue weighted by Crippen LogP contribution is 2.11. The zero-order valence-electron chi connectivity index (χ0n) is 18.2. The van der Waals surface area contributed by atoms with Gasteiger partial charge in [0.1, 0.15) is 0 Å². The summed E-state index contributed by atoms with van der Waals surface area (Å²) in [6, 6.07) is 16.8. The molecule has 0 aliphatic carbocycles. The molecular formula is C25H32N2O4. The molecule has 6 nitrogen and oxygen atoms in total. The molecule has 0 aliphatic rings. The van der Waals surface area contributed by atoms with E-state index in [9.17, 15) is 14.4 Å². The maximum absolute atomic E-state index is 12.1. The molecule has 166 valence electrons. The predicted molar refractivity (Wildman–Crippen MR) is 122 cm³/mol. The number of amides is 2. The second-order valence-electron chi connectivity index (χ2n) is 7.40. The summed E-state index contributed by atoms with van der Waals surface area (Å²) >= 11 is 0. The zero-order chi connectivity index (χ0) is 22.3. The van der Waals surface area contributed by atoms with Crippen molar-refractivity contribution in [1.82, 2.24) is 5.32 Å². The van der Waals surface area contributed by atoms with Crippen LogP contribution >= 0.6 is 0 Å². The summed E-state index contributed by atoms with van der Waals surface area (Å²) in [6.45, 7) is 3.11. The number of esters is 1. The number of carbonyl (C=O) groups excluding carboxylic acids is 3. The predicted octanol–water partition coefficient (Wildman–Crippen LogP) is 4.50. The van der Waals surface area contributed by atoms with Gasteiger partial charge >= 0.3 is 5.97 Å². The molecule has 0 atom stereocenters. The molecule has 31 heavy (non-hydrogen) atoms. The van der Waals surface area contributed by atoms with E-state index in [2.05, 4.69) is 29.7 Å². The van der Waals surface area contributed by atoms with Crippen LogP contribution in [-0.2, 0) is 20.7 Å². The third kappa shape index (κ3) is 9.94. The van der Waals surface area contributed by atoms with Crippen LogP contribution < -0.4 is 10.6 Å². The van der Waals surface area contributed by atoms with Crippen LogP contribution in [0.3, 0.4) is 0 Å². The third-order valence-corrected chi connectivity index (χ3v) is 4.75. The standard InChI is InChI=1S/C25H32N2O4/c1-2-3-18-26-25(30)21-14-16-22(17-15-21)27-23(28)12-7-13-24(29)31-19-8-11-20-9-5-4-6-10-20/h4-6,9-10,14-17H,2-3,7-8,11-13,18-19H2,1H3,(H,26,30)(H,27,28). The lowest BCUT2D eigenvalue weighted by Gasteiger charge is -2.08. The molecule has 0 unspecified atom stereocenters. The number of aryl methyl sites for hydroxylation is 1. The topological polar surface area (TPSA) is 84.5 Å². The summed E-state index contributed by atoms with van der Waals surface area (Å²) in [7, 11) is 0. The molecule has 6 heteroatoms. The number of hydrogen-bond acceptors (Lipinski definition) is 4. The average Bonchev–Trinajstić information content (AvgIpc) is 2.78. The highest BCUT2D eigenvalue weighted by atomic mass is 16.5. The smallest absolute Gasteiger partial charge is 0.305 e. The molecule has 2 aromatic carbocycles. The zero-order valence-corrected chi connectivity index (χ0v) is 18.2. The highest BCUT2D eigenvalue weighted by Gasteiger charge is 2.08. The Hall–Kier alpha value is -3.15. The van der Waals surface area contributed by atoms with Crippen molar-refractivity contribution >= 4 is 23.5 Å². The van der Waals surface area contributed by atoms with Gasteiger partial charge in [-0.25, -0.2) is 0 Å². The third-order valence-electron chi connectivity index (χ3n) is 4.75. The number of rotatable bonds is 13. The normalized spacial score (nSPS) is 10.4. The fourth-order valence-corrected chi connectivity index (χ4v) is 2.98. The molecule has 2 rings (SSSR count). The van der Waals surface area contributed by atoms with Gasteiger partial charge in [-0.05, 0) is 55.5 Å². The van der Waals surface area contributed by atoms with Crippen LogP contribution in [0.4, 0.5) is 5.69 Å². The van der Waals surface area contributed by atoms with Gasteiger partial charge in [0.25, 0.3) is 5.91 Å². The lowest BCUT2D eigenvalue weighted by Crippen LogP contribution is -2.24. The molecule has 0 aromatic heterocycles. The van der Waals surface area contributed by atoms with Crippen LogP contribution in [0.1, 0.15) is 61.4 Å². The van der Waals surface area contributed by atoms with Crippen molar-refractivity contribution in [3.05, 3.63) is 65.7 Å². The van der Waals surface area contributed by atoms with Crippen LogP contribution in [0.5, 0.6) is 0 Å². The first kappa shape index (κ1) is 24.1. The summed E-state index contributed by atoms with van der Waals surface area (Å²) < 4.78 is 5.23. The number of nitrogens with one attached hydrogen (secondary N) is 2. The Morgan fingerprint density at radius 3 is 2.32 bits per heavy atom. The van der Waals surface area contributed by atoms with Crippen LogP contribution in [-0.4, -0.2) is 30.9 Å². The minimum absolute atomic E-state index is 0.117. The Labute approximate surface area is 184 Å². The van der Waals surface area contributed by atoms with E-state index < -0.39 is 0 Å². The molecular weight excluding hydrogens is 392 g/mol. The monoisotopic (exact) mass is 424 g/mol. The lowest BCUT2D eigenvalue weighted by atomic mass is 10.1. The molecule has 0 spiro atoms. The quantitative estimate of drug-likeness (QED) is 0.366. The molecule has 2 amide bonds. The SMILES string of the molecule is CCCCNC(=O)c1ccc(NC(=O)CCCC(=O)OCCCc2ccccc2)cc1. The number of carbonyl (C=O) groups is 3. The number of hydrogen-bond donors (Lipinski definition) is 2. The van der Waals surface area contributed by atoms with E-state index in [4.69, 9.17) is 4.74 Å². The van der Waals surface area contributed by atoms with Crippen molar-refractivity contribution in [2.75, 3.05) is 18.5 Å². The van der Waals surface area contributed by atoms with Gasteiger partial charge in [-0.15, -0.1) is 0 Å². The molecule has 0 saturated carbocycles. The summed E-state index contributed by atoms with van der Waals surface area (Å²) in [5.41, 5.74) is 2.41. The van der Waals surface area contributed by atoms with Crippen molar-refractivity contribution in [1.29, 1.82) is 0 Å². The Kier molecular flexibility index (Phi) is 10.9. The van der Waals surface area contributed by atoms with Gasteiger partial charge in [0.05, 0.1) is 6.61 Å². The summed E-state index contributed by atoms with van der Waals surface area (Å²) in [5.74, 6) is -0.565. The first-order chi connectivity index (χ1) is 15.1. The number of anilines is 1. The van der Waals surface area contributed by atoms with Crippen molar-refractivity contribution in [3.63, 3.8) is 0 Å². The van der Waals surface area contributed by atoms with E-state index in [0.717, 1.165) is 25.7 Å². The molecule has 2 N–H and O–H groups in total.